The maximum absolute atomic E-state index is 11.0. The van der Waals surface area contributed by atoms with Crippen molar-refractivity contribution in [3.8, 4) is 18.6 Å². The minimum absolute atomic E-state index is 0.389. The summed E-state index contributed by atoms with van der Waals surface area (Å²) in [5, 5.41) is 0. The molecule has 200 valence electrons. The van der Waals surface area contributed by atoms with Crippen LogP contribution in [0.3, 0.4) is 0 Å². The number of ether oxygens (including phenoxy) is 1. The summed E-state index contributed by atoms with van der Waals surface area (Å²) in [5.74, 6) is 1.43. The molecule has 5 nitrogen and oxygen atoms in total. The minimum atomic E-state index is 0.389. The standard InChI is InChI=1S/C18H28N2O2S.C9H21N.C2H2/c1-14(16-4-5-18-17(12-16)7-11-22-18)13-20(9-10-21)15(2)6-8-19-23-3;1-4-6-8-10(3)9-7-5-2;1-2/h4-5,10,12,14-15,19H,6-9,11,13H2,1-3H3;4-9H2,1-3H3;1-2H. The number of hydrogen-bond acceptors (Lipinski definition) is 6. The highest BCUT2D eigenvalue weighted by molar-refractivity contribution is 7.96. The van der Waals surface area contributed by atoms with E-state index in [-0.39, 0.29) is 0 Å². The number of nitrogens with one attached hydrogen (secondary N) is 1. The van der Waals surface area contributed by atoms with Gasteiger partial charge in [0.1, 0.15) is 12.0 Å². The SMILES string of the molecule is C#C.CCCCN(C)CCCC.CSNCCC(C)N(CC=O)CC(C)c1ccc2c(c1)CCO2. The molecule has 0 fully saturated rings. The third kappa shape index (κ3) is 14.6. The lowest BCUT2D eigenvalue weighted by Gasteiger charge is -2.30. The van der Waals surface area contributed by atoms with Crippen molar-refractivity contribution in [2.45, 2.75) is 78.2 Å². The van der Waals surface area contributed by atoms with Crippen LogP contribution in [-0.2, 0) is 11.2 Å². The van der Waals surface area contributed by atoms with Gasteiger partial charge in [-0.25, -0.2) is 0 Å². The molecule has 2 unspecified atom stereocenters. The zero-order valence-corrected chi connectivity index (χ0v) is 24.0. The molecule has 1 heterocycles. The van der Waals surface area contributed by atoms with Crippen molar-refractivity contribution in [1.82, 2.24) is 14.5 Å². The van der Waals surface area contributed by atoms with Gasteiger partial charge in [-0.1, -0.05) is 57.7 Å². The molecule has 1 aromatic carbocycles. The third-order valence-electron chi connectivity index (χ3n) is 6.32. The van der Waals surface area contributed by atoms with E-state index < -0.39 is 0 Å². The molecule has 0 radical (unpaired) electrons. The number of benzene rings is 1. The molecule has 1 N–H and O–H groups in total. The van der Waals surface area contributed by atoms with E-state index in [9.17, 15) is 4.79 Å². The number of rotatable bonds is 16. The van der Waals surface area contributed by atoms with Gasteiger partial charge in [0.25, 0.3) is 0 Å². The summed E-state index contributed by atoms with van der Waals surface area (Å²) in [6, 6.07) is 6.91. The Morgan fingerprint density at radius 1 is 1.17 bits per heavy atom. The van der Waals surface area contributed by atoms with Crippen LogP contribution < -0.4 is 9.46 Å². The number of carbonyl (C=O) groups is 1. The van der Waals surface area contributed by atoms with Crippen molar-refractivity contribution < 1.29 is 9.53 Å². The van der Waals surface area contributed by atoms with E-state index in [0.29, 0.717) is 18.5 Å². The number of terminal acetylenes is 1. The molecular formula is C29H51N3O2S. The van der Waals surface area contributed by atoms with Crippen molar-refractivity contribution in [2.75, 3.05) is 52.6 Å². The zero-order chi connectivity index (χ0) is 26.5. The molecule has 6 heteroatoms. The van der Waals surface area contributed by atoms with E-state index in [2.05, 4.69) is 80.3 Å². The molecule has 1 aliphatic rings. The molecule has 0 spiro atoms. The topological polar surface area (TPSA) is 44.8 Å². The van der Waals surface area contributed by atoms with Gasteiger partial charge in [-0.15, -0.1) is 12.8 Å². The van der Waals surface area contributed by atoms with Gasteiger partial charge in [0, 0.05) is 25.6 Å². The van der Waals surface area contributed by atoms with Crippen molar-refractivity contribution in [3.63, 3.8) is 0 Å². The molecule has 0 saturated heterocycles. The summed E-state index contributed by atoms with van der Waals surface area (Å²) in [6.07, 6.45) is 18.4. The zero-order valence-electron chi connectivity index (χ0n) is 23.2. The maximum atomic E-state index is 11.0. The Balaban J connectivity index is 0.000000813. The van der Waals surface area contributed by atoms with E-state index in [4.69, 9.17) is 4.74 Å². The summed E-state index contributed by atoms with van der Waals surface area (Å²) in [6.45, 7) is 14.6. The van der Waals surface area contributed by atoms with Crippen LogP contribution in [0.4, 0.5) is 0 Å². The molecule has 2 rings (SSSR count). The van der Waals surface area contributed by atoms with Crippen LogP contribution in [0.2, 0.25) is 0 Å². The Kier molecular flexibility index (Phi) is 20.8. The lowest BCUT2D eigenvalue weighted by atomic mass is 9.97. The van der Waals surface area contributed by atoms with Gasteiger partial charge in [0.15, 0.2) is 0 Å². The Bertz CT molecular complexity index is 675. The smallest absolute Gasteiger partial charge is 0.133 e. The maximum Gasteiger partial charge on any atom is 0.133 e. The van der Waals surface area contributed by atoms with E-state index in [0.717, 1.165) is 44.6 Å². The molecule has 0 aliphatic carbocycles. The highest BCUT2D eigenvalue weighted by Gasteiger charge is 2.19. The van der Waals surface area contributed by atoms with Gasteiger partial charge in [0.05, 0.1) is 13.2 Å². The van der Waals surface area contributed by atoms with Crippen LogP contribution in [0.25, 0.3) is 0 Å². The van der Waals surface area contributed by atoms with Crippen LogP contribution in [0, 0.1) is 12.8 Å². The molecule has 35 heavy (non-hydrogen) atoms. The van der Waals surface area contributed by atoms with Crippen molar-refractivity contribution in [3.05, 3.63) is 29.3 Å². The molecule has 1 aromatic rings. The van der Waals surface area contributed by atoms with E-state index in [1.165, 1.54) is 49.9 Å². The fourth-order valence-electron chi connectivity index (χ4n) is 4.02. The van der Waals surface area contributed by atoms with Gasteiger partial charge < -0.3 is 14.4 Å². The predicted octanol–water partition coefficient (Wildman–Crippen LogP) is 5.64. The third-order valence-corrected chi connectivity index (χ3v) is 6.81. The molecule has 0 bridgehead atoms. The van der Waals surface area contributed by atoms with Crippen LogP contribution in [0.5, 0.6) is 5.75 Å². The average Bonchev–Trinajstić information content (AvgIpc) is 3.35. The molecule has 0 aromatic heterocycles. The normalized spacial score (nSPS) is 13.7. The molecule has 0 saturated carbocycles. The minimum Gasteiger partial charge on any atom is -0.493 e. The highest BCUT2D eigenvalue weighted by atomic mass is 32.2. The second-order valence-electron chi connectivity index (χ2n) is 9.23. The van der Waals surface area contributed by atoms with Crippen LogP contribution in [-0.4, -0.2) is 74.8 Å². The first-order chi connectivity index (χ1) is 17.0. The van der Waals surface area contributed by atoms with Crippen LogP contribution >= 0.6 is 11.9 Å². The lowest BCUT2D eigenvalue weighted by molar-refractivity contribution is -0.109. The molecule has 1 aliphatic heterocycles. The van der Waals surface area contributed by atoms with Crippen molar-refractivity contribution >= 4 is 18.2 Å². The molecule has 0 amide bonds. The fraction of sp³-hybridized carbons (Fsp3) is 0.690. The molecular weight excluding hydrogens is 454 g/mol. The number of nitrogens with zero attached hydrogens (tertiary/aromatic N) is 2. The number of carbonyl (C=O) groups excluding carboxylic acids is 1. The van der Waals surface area contributed by atoms with Crippen molar-refractivity contribution in [2.24, 2.45) is 0 Å². The van der Waals surface area contributed by atoms with Gasteiger partial charge in [-0.2, -0.15) is 0 Å². The summed E-state index contributed by atoms with van der Waals surface area (Å²) >= 11 is 1.64. The van der Waals surface area contributed by atoms with Crippen LogP contribution in [0.15, 0.2) is 18.2 Å². The van der Waals surface area contributed by atoms with Gasteiger partial charge in [0.2, 0.25) is 0 Å². The molecule has 2 atom stereocenters. The number of unbranched alkanes of at least 4 members (excludes halogenated alkanes) is 2. The Morgan fingerprint density at radius 3 is 2.40 bits per heavy atom. The van der Waals surface area contributed by atoms with Gasteiger partial charge in [-0.3, -0.25) is 9.62 Å². The monoisotopic (exact) mass is 505 g/mol. The first-order valence-corrected chi connectivity index (χ1v) is 14.4. The Hall–Kier alpha value is -1.52. The number of fused-ring (bicyclic) bond motifs is 1. The first kappa shape index (κ1) is 33.5. The summed E-state index contributed by atoms with van der Waals surface area (Å²) < 4.78 is 8.86. The van der Waals surface area contributed by atoms with E-state index >= 15 is 0 Å². The largest absolute Gasteiger partial charge is 0.493 e. The van der Waals surface area contributed by atoms with Gasteiger partial charge in [-0.05, 0) is 75.7 Å². The summed E-state index contributed by atoms with van der Waals surface area (Å²) in [7, 11) is 2.21. The number of aldehydes is 1. The Morgan fingerprint density at radius 2 is 1.83 bits per heavy atom. The quantitative estimate of drug-likeness (QED) is 0.136. The number of hydrogen-bond donors (Lipinski definition) is 1. The van der Waals surface area contributed by atoms with Gasteiger partial charge >= 0.3 is 0 Å². The fourth-order valence-corrected chi connectivity index (χ4v) is 4.34. The van der Waals surface area contributed by atoms with Crippen LogP contribution in [0.1, 0.15) is 76.8 Å². The lowest BCUT2D eigenvalue weighted by Crippen LogP contribution is -2.38. The highest BCUT2D eigenvalue weighted by Crippen LogP contribution is 2.29. The predicted molar refractivity (Wildman–Crippen MR) is 154 cm³/mol. The summed E-state index contributed by atoms with van der Waals surface area (Å²) in [5.41, 5.74) is 2.65. The van der Waals surface area contributed by atoms with E-state index in [1.54, 1.807) is 11.9 Å². The summed E-state index contributed by atoms with van der Waals surface area (Å²) in [4.78, 5) is 15.7. The average molecular weight is 506 g/mol. The van der Waals surface area contributed by atoms with E-state index in [1.807, 2.05) is 6.26 Å². The second-order valence-corrected chi connectivity index (χ2v) is 9.93. The Labute approximate surface area is 220 Å². The first-order valence-electron chi connectivity index (χ1n) is 13.2. The second kappa shape index (κ2) is 21.7. The van der Waals surface area contributed by atoms with Crippen molar-refractivity contribution in [1.29, 1.82) is 0 Å².